The van der Waals surface area contributed by atoms with Crippen molar-refractivity contribution in [3.63, 3.8) is 0 Å². The first kappa shape index (κ1) is 28.2. The SMILES string of the molecule is CCO[Si](OCC)(C1(C2CCCCCC2)CCCCCC1)C1(C2CCCCCC2)CCCCCC1. The molecule has 204 valence electrons. The van der Waals surface area contributed by atoms with Crippen molar-refractivity contribution in [2.45, 2.75) is 178 Å². The minimum atomic E-state index is -2.58. The predicted octanol–water partition coefficient (Wildman–Crippen LogP) is 10.6. The van der Waals surface area contributed by atoms with Crippen LogP contribution in [-0.2, 0) is 8.85 Å². The Morgan fingerprint density at radius 3 is 1.03 bits per heavy atom. The Labute approximate surface area is 220 Å². The summed E-state index contributed by atoms with van der Waals surface area (Å²) in [6, 6.07) is 0. The van der Waals surface area contributed by atoms with Gasteiger partial charge in [0, 0.05) is 23.3 Å². The zero-order valence-electron chi connectivity index (χ0n) is 23.9. The second-order valence-corrected chi connectivity index (χ2v) is 16.8. The molecule has 0 aromatic heterocycles. The zero-order chi connectivity index (χ0) is 24.5. The Kier molecular flexibility index (Phi) is 11.1. The number of hydrogen-bond donors (Lipinski definition) is 0. The van der Waals surface area contributed by atoms with Crippen LogP contribution < -0.4 is 0 Å². The average molecular weight is 505 g/mol. The first-order chi connectivity index (χ1) is 17.2. The molecule has 0 bridgehead atoms. The average Bonchev–Trinajstić information content (AvgIpc) is 3.47. The highest BCUT2D eigenvalue weighted by Crippen LogP contribution is 2.71. The van der Waals surface area contributed by atoms with Gasteiger partial charge in [-0.2, -0.15) is 0 Å². The topological polar surface area (TPSA) is 18.5 Å². The second-order valence-electron chi connectivity index (χ2n) is 13.0. The highest BCUT2D eigenvalue weighted by Gasteiger charge is 2.71. The molecule has 0 aromatic rings. The van der Waals surface area contributed by atoms with Gasteiger partial charge in [-0.05, 0) is 51.4 Å². The fourth-order valence-corrected chi connectivity index (χ4v) is 16.6. The Balaban J connectivity index is 1.91. The van der Waals surface area contributed by atoms with Crippen molar-refractivity contribution in [3.05, 3.63) is 0 Å². The fraction of sp³-hybridized carbons (Fsp3) is 1.00. The molecular weight excluding hydrogens is 444 g/mol. The molecule has 0 unspecified atom stereocenters. The summed E-state index contributed by atoms with van der Waals surface area (Å²) in [4.78, 5) is 0. The third-order valence-electron chi connectivity index (χ3n) is 11.3. The maximum absolute atomic E-state index is 7.57. The van der Waals surface area contributed by atoms with Crippen molar-refractivity contribution in [3.8, 4) is 0 Å². The van der Waals surface area contributed by atoms with E-state index in [1.165, 1.54) is 154 Å². The summed E-state index contributed by atoms with van der Waals surface area (Å²) in [5.41, 5.74) is 0. The third kappa shape index (κ3) is 5.77. The Morgan fingerprint density at radius 1 is 0.457 bits per heavy atom. The van der Waals surface area contributed by atoms with E-state index in [4.69, 9.17) is 8.85 Å². The predicted molar refractivity (Wildman–Crippen MR) is 152 cm³/mol. The third-order valence-corrected chi connectivity index (χ3v) is 17.1. The molecule has 4 aliphatic rings. The summed E-state index contributed by atoms with van der Waals surface area (Å²) < 4.78 is 15.1. The van der Waals surface area contributed by atoms with Crippen molar-refractivity contribution in [2.75, 3.05) is 13.2 Å². The van der Waals surface area contributed by atoms with E-state index in [1.54, 1.807) is 0 Å². The van der Waals surface area contributed by atoms with Crippen molar-refractivity contribution in [2.24, 2.45) is 11.8 Å². The molecule has 0 N–H and O–H groups in total. The molecule has 4 saturated carbocycles. The molecule has 0 aromatic carbocycles. The Bertz CT molecular complexity index is 520. The van der Waals surface area contributed by atoms with Gasteiger partial charge in [0.25, 0.3) is 0 Å². The monoisotopic (exact) mass is 504 g/mol. The summed E-state index contributed by atoms with van der Waals surface area (Å²) in [5, 5.41) is 0.688. The minimum Gasteiger partial charge on any atom is -0.394 e. The minimum absolute atomic E-state index is 0.344. The van der Waals surface area contributed by atoms with Gasteiger partial charge >= 0.3 is 8.56 Å². The maximum atomic E-state index is 7.57. The molecule has 4 aliphatic carbocycles. The van der Waals surface area contributed by atoms with Crippen LogP contribution in [0.5, 0.6) is 0 Å². The van der Waals surface area contributed by atoms with Gasteiger partial charge in [0.2, 0.25) is 0 Å². The van der Waals surface area contributed by atoms with E-state index < -0.39 is 8.56 Å². The molecule has 0 saturated heterocycles. The van der Waals surface area contributed by atoms with Crippen LogP contribution in [-0.4, -0.2) is 21.8 Å². The lowest BCUT2D eigenvalue weighted by atomic mass is 9.78. The quantitative estimate of drug-likeness (QED) is 0.242. The fourth-order valence-electron chi connectivity index (χ4n) is 9.91. The van der Waals surface area contributed by atoms with E-state index in [-0.39, 0.29) is 0 Å². The van der Waals surface area contributed by atoms with Crippen molar-refractivity contribution < 1.29 is 8.85 Å². The normalized spacial score (nSPS) is 27.9. The molecule has 35 heavy (non-hydrogen) atoms. The summed E-state index contributed by atoms with van der Waals surface area (Å²) in [7, 11) is -2.58. The Morgan fingerprint density at radius 2 is 0.743 bits per heavy atom. The lowest BCUT2D eigenvalue weighted by Crippen LogP contribution is -2.66. The van der Waals surface area contributed by atoms with Crippen LogP contribution in [0.3, 0.4) is 0 Å². The molecule has 2 nitrogen and oxygen atoms in total. The van der Waals surface area contributed by atoms with Crippen LogP contribution in [0.25, 0.3) is 0 Å². The molecule has 0 heterocycles. The van der Waals surface area contributed by atoms with Gasteiger partial charge in [-0.15, -0.1) is 0 Å². The Hall–Kier alpha value is 0.137. The smallest absolute Gasteiger partial charge is 0.351 e. The van der Waals surface area contributed by atoms with Gasteiger partial charge in [-0.3, -0.25) is 0 Å². The van der Waals surface area contributed by atoms with Crippen LogP contribution in [0.4, 0.5) is 0 Å². The van der Waals surface area contributed by atoms with Crippen molar-refractivity contribution in [1.29, 1.82) is 0 Å². The van der Waals surface area contributed by atoms with Crippen molar-refractivity contribution in [1.82, 2.24) is 0 Å². The zero-order valence-corrected chi connectivity index (χ0v) is 24.9. The standard InChI is InChI=1S/C32H60O2Si/c1-3-33-35(34-4-2,31(25-17-9-10-18-26-31)29-21-13-5-6-14-22-29)32(27-19-11-12-20-28-32)30-23-15-7-8-16-24-30/h29-30H,3-28H2,1-2H3. The van der Waals surface area contributed by atoms with Crippen LogP contribution in [0.1, 0.15) is 168 Å². The lowest BCUT2D eigenvalue weighted by molar-refractivity contribution is 0.0638. The highest BCUT2D eigenvalue weighted by atomic mass is 28.4. The number of rotatable bonds is 8. The molecule has 0 radical (unpaired) electrons. The van der Waals surface area contributed by atoms with Gasteiger partial charge in [0.1, 0.15) is 0 Å². The van der Waals surface area contributed by atoms with Crippen LogP contribution in [0.15, 0.2) is 0 Å². The maximum Gasteiger partial charge on any atom is 0.351 e. The van der Waals surface area contributed by atoms with Gasteiger partial charge < -0.3 is 8.85 Å². The van der Waals surface area contributed by atoms with E-state index in [2.05, 4.69) is 13.8 Å². The number of hydrogen-bond acceptors (Lipinski definition) is 2. The summed E-state index contributed by atoms with van der Waals surface area (Å²) in [6.45, 7) is 6.37. The molecule has 3 heteroatoms. The van der Waals surface area contributed by atoms with E-state index in [1.807, 2.05) is 0 Å². The molecular formula is C32H60O2Si. The molecule has 4 fully saturated rings. The van der Waals surface area contributed by atoms with E-state index in [0.29, 0.717) is 10.1 Å². The van der Waals surface area contributed by atoms with Gasteiger partial charge in [0.15, 0.2) is 0 Å². The molecule has 0 amide bonds. The summed E-state index contributed by atoms with van der Waals surface area (Å²) >= 11 is 0. The molecule has 0 aliphatic heterocycles. The van der Waals surface area contributed by atoms with Crippen LogP contribution in [0.2, 0.25) is 10.1 Å². The lowest BCUT2D eigenvalue weighted by Gasteiger charge is -2.61. The van der Waals surface area contributed by atoms with Gasteiger partial charge in [0.05, 0.1) is 0 Å². The molecule has 0 spiro atoms. The van der Waals surface area contributed by atoms with Crippen molar-refractivity contribution >= 4 is 8.56 Å². The van der Waals surface area contributed by atoms with Crippen LogP contribution in [0, 0.1) is 11.8 Å². The van der Waals surface area contributed by atoms with Gasteiger partial charge in [-0.25, -0.2) is 0 Å². The van der Waals surface area contributed by atoms with Crippen LogP contribution >= 0.6 is 0 Å². The van der Waals surface area contributed by atoms with E-state index >= 15 is 0 Å². The largest absolute Gasteiger partial charge is 0.394 e. The molecule has 4 rings (SSSR count). The first-order valence-electron chi connectivity index (χ1n) is 16.5. The molecule has 0 atom stereocenters. The van der Waals surface area contributed by atoms with E-state index in [9.17, 15) is 0 Å². The summed E-state index contributed by atoms with van der Waals surface area (Å²) in [5.74, 6) is 1.69. The first-order valence-corrected chi connectivity index (χ1v) is 18.3. The van der Waals surface area contributed by atoms with E-state index in [0.717, 1.165) is 25.0 Å². The second kappa shape index (κ2) is 13.8. The summed E-state index contributed by atoms with van der Waals surface area (Å²) in [6.07, 6.45) is 34.5. The highest BCUT2D eigenvalue weighted by molar-refractivity contribution is 6.74. The van der Waals surface area contributed by atoms with Gasteiger partial charge in [-0.1, -0.05) is 128 Å².